The summed E-state index contributed by atoms with van der Waals surface area (Å²) in [6.07, 6.45) is 3.72. The molecule has 1 aromatic carbocycles. The van der Waals surface area contributed by atoms with E-state index in [0.717, 1.165) is 0 Å². The van der Waals surface area contributed by atoms with Crippen molar-refractivity contribution in [3.05, 3.63) is 36.1 Å². The van der Waals surface area contributed by atoms with E-state index in [4.69, 9.17) is 4.65 Å². The molecule has 1 aromatic rings. The highest BCUT2D eigenvalue weighted by molar-refractivity contribution is 6.49. The van der Waals surface area contributed by atoms with Crippen LogP contribution in [0.5, 0.6) is 0 Å². The molecule has 0 aromatic heterocycles. The molecule has 1 heterocycles. The first-order chi connectivity index (χ1) is 4.97. The maximum Gasteiger partial charge on any atom is 0.373 e. The molecule has 0 bridgehead atoms. The maximum atomic E-state index is 5.12. The van der Waals surface area contributed by atoms with Crippen molar-refractivity contribution in [1.82, 2.24) is 0 Å². The van der Waals surface area contributed by atoms with Crippen LogP contribution in [0.15, 0.2) is 30.5 Å². The van der Waals surface area contributed by atoms with Crippen LogP contribution < -0.4 is 5.46 Å². The summed E-state index contributed by atoms with van der Waals surface area (Å²) in [5.41, 5.74) is 2.54. The van der Waals surface area contributed by atoms with Crippen LogP contribution in [0, 0.1) is 0 Å². The smallest absolute Gasteiger partial charge is 0.373 e. The lowest BCUT2D eigenvalue weighted by Crippen LogP contribution is -2.20. The van der Waals surface area contributed by atoms with Crippen LogP contribution in [0.3, 0.4) is 0 Å². The van der Waals surface area contributed by atoms with E-state index in [1.807, 2.05) is 18.2 Å². The fourth-order valence-electron chi connectivity index (χ4n) is 1.09. The van der Waals surface area contributed by atoms with Crippen molar-refractivity contribution in [3.63, 3.8) is 0 Å². The second kappa shape index (κ2) is 2.22. The Balaban J connectivity index is 2.54. The second-order valence-electron chi connectivity index (χ2n) is 2.31. The van der Waals surface area contributed by atoms with Crippen LogP contribution in [0.1, 0.15) is 5.56 Å². The first kappa shape index (κ1) is 5.60. The van der Waals surface area contributed by atoms with Gasteiger partial charge in [-0.3, -0.25) is 0 Å². The third-order valence-electron chi connectivity index (χ3n) is 1.64. The summed E-state index contributed by atoms with van der Waals surface area (Å²) in [7, 11) is 0.715. The summed E-state index contributed by atoms with van der Waals surface area (Å²) in [6, 6.07) is 8.24. The molecule has 1 aliphatic heterocycles. The van der Waals surface area contributed by atoms with Crippen LogP contribution in [-0.2, 0) is 4.65 Å². The number of benzene rings is 1. The van der Waals surface area contributed by atoms with Crippen LogP contribution in [0.25, 0.3) is 6.08 Å². The van der Waals surface area contributed by atoms with Crippen LogP contribution in [0.4, 0.5) is 0 Å². The lowest BCUT2D eigenvalue weighted by molar-refractivity contribution is 0.526. The van der Waals surface area contributed by atoms with E-state index < -0.39 is 0 Å². The minimum atomic E-state index is 0.715. The Labute approximate surface area is 60.6 Å². The Kier molecular flexibility index (Phi) is 1.24. The highest BCUT2D eigenvalue weighted by atomic mass is 16.4. The molecule has 0 fully saturated rings. The first-order valence-electron chi connectivity index (χ1n) is 3.33. The number of hydrogen-bond acceptors (Lipinski definition) is 1. The molecule has 0 unspecified atom stereocenters. The average molecular weight is 130 g/mol. The molecule has 0 spiro atoms. The summed E-state index contributed by atoms with van der Waals surface area (Å²) >= 11 is 0. The molecular formula is C8H7BO. The average Bonchev–Trinajstić information content (AvgIpc) is 2.05. The number of hydrogen-bond donors (Lipinski definition) is 0. The Morgan fingerprint density at radius 1 is 1.20 bits per heavy atom. The monoisotopic (exact) mass is 130 g/mol. The van der Waals surface area contributed by atoms with Gasteiger partial charge in [0.05, 0.1) is 6.26 Å². The van der Waals surface area contributed by atoms with Gasteiger partial charge >= 0.3 is 7.48 Å². The van der Waals surface area contributed by atoms with Gasteiger partial charge < -0.3 is 4.65 Å². The second-order valence-corrected chi connectivity index (χ2v) is 2.31. The largest absolute Gasteiger partial charge is 0.564 e. The number of fused-ring (bicyclic) bond motifs is 1. The van der Waals surface area contributed by atoms with E-state index in [9.17, 15) is 0 Å². The van der Waals surface area contributed by atoms with Gasteiger partial charge in [0.2, 0.25) is 0 Å². The van der Waals surface area contributed by atoms with E-state index in [1.165, 1.54) is 11.0 Å². The van der Waals surface area contributed by atoms with E-state index in [1.54, 1.807) is 6.26 Å². The molecule has 2 heteroatoms. The molecular weight excluding hydrogens is 123 g/mol. The molecule has 10 heavy (non-hydrogen) atoms. The van der Waals surface area contributed by atoms with Crippen molar-refractivity contribution in [2.75, 3.05) is 0 Å². The van der Waals surface area contributed by atoms with Crippen molar-refractivity contribution in [1.29, 1.82) is 0 Å². The highest BCUT2D eigenvalue weighted by Gasteiger charge is 2.04. The van der Waals surface area contributed by atoms with Gasteiger partial charge in [-0.15, -0.1) is 0 Å². The standard InChI is InChI=1S/C8H7BO/c1-2-4-8-7(3-1)5-6-10-9-8/h1-6,9H. The molecule has 48 valence electrons. The fraction of sp³-hybridized carbons (Fsp3) is 0. The Morgan fingerprint density at radius 3 is 3.00 bits per heavy atom. The minimum Gasteiger partial charge on any atom is -0.564 e. The van der Waals surface area contributed by atoms with Gasteiger partial charge in [0, 0.05) is 0 Å². The Bertz CT molecular complexity index is 268. The summed E-state index contributed by atoms with van der Waals surface area (Å²) in [4.78, 5) is 0. The van der Waals surface area contributed by atoms with Gasteiger partial charge in [-0.2, -0.15) is 0 Å². The third-order valence-corrected chi connectivity index (χ3v) is 1.64. The molecule has 1 aliphatic rings. The quantitative estimate of drug-likeness (QED) is 0.469. The predicted octanol–water partition coefficient (Wildman–Crippen LogP) is 0.664. The lowest BCUT2D eigenvalue weighted by Gasteiger charge is -2.08. The minimum absolute atomic E-state index is 0.715. The van der Waals surface area contributed by atoms with Gasteiger partial charge in [-0.05, 0) is 17.1 Å². The molecule has 0 atom stereocenters. The summed E-state index contributed by atoms with van der Waals surface area (Å²) in [5, 5.41) is 0. The van der Waals surface area contributed by atoms with E-state index in [-0.39, 0.29) is 0 Å². The number of rotatable bonds is 0. The molecule has 2 rings (SSSR count). The van der Waals surface area contributed by atoms with E-state index >= 15 is 0 Å². The molecule has 0 saturated carbocycles. The zero-order valence-corrected chi connectivity index (χ0v) is 5.58. The van der Waals surface area contributed by atoms with E-state index in [2.05, 4.69) is 12.1 Å². The predicted molar refractivity (Wildman–Crippen MR) is 43.3 cm³/mol. The summed E-state index contributed by atoms with van der Waals surface area (Å²) < 4.78 is 5.12. The molecule has 0 aliphatic carbocycles. The third kappa shape index (κ3) is 0.818. The van der Waals surface area contributed by atoms with Crippen LogP contribution in [0.2, 0.25) is 0 Å². The van der Waals surface area contributed by atoms with Gasteiger partial charge in [-0.25, -0.2) is 0 Å². The molecule has 0 amide bonds. The first-order valence-corrected chi connectivity index (χ1v) is 3.33. The molecule has 0 N–H and O–H groups in total. The SMILES string of the molecule is B1OC=Cc2ccccc21. The normalized spacial score (nSPS) is 13.2. The van der Waals surface area contributed by atoms with Crippen LogP contribution in [-0.4, -0.2) is 7.48 Å². The van der Waals surface area contributed by atoms with Crippen molar-refractivity contribution in [2.24, 2.45) is 0 Å². The zero-order valence-electron chi connectivity index (χ0n) is 5.58. The fourth-order valence-corrected chi connectivity index (χ4v) is 1.09. The van der Waals surface area contributed by atoms with Crippen molar-refractivity contribution in [3.8, 4) is 0 Å². The van der Waals surface area contributed by atoms with Crippen LogP contribution >= 0.6 is 0 Å². The maximum absolute atomic E-state index is 5.12. The van der Waals surface area contributed by atoms with Gasteiger partial charge in [0.15, 0.2) is 0 Å². The van der Waals surface area contributed by atoms with E-state index in [0.29, 0.717) is 7.48 Å². The topological polar surface area (TPSA) is 9.23 Å². The van der Waals surface area contributed by atoms with Gasteiger partial charge in [0.1, 0.15) is 0 Å². The Morgan fingerprint density at radius 2 is 2.10 bits per heavy atom. The highest BCUT2D eigenvalue weighted by Crippen LogP contribution is 2.02. The van der Waals surface area contributed by atoms with Gasteiger partial charge in [0.25, 0.3) is 0 Å². The summed E-state index contributed by atoms with van der Waals surface area (Å²) in [6.45, 7) is 0. The van der Waals surface area contributed by atoms with Crippen molar-refractivity contribution in [2.45, 2.75) is 0 Å². The molecule has 0 saturated heterocycles. The van der Waals surface area contributed by atoms with Crippen molar-refractivity contribution < 1.29 is 4.65 Å². The van der Waals surface area contributed by atoms with Gasteiger partial charge in [-0.1, -0.05) is 24.3 Å². The molecule has 1 nitrogen and oxygen atoms in total. The Hall–Kier alpha value is -1.18. The van der Waals surface area contributed by atoms with Crippen molar-refractivity contribution >= 4 is 19.0 Å². The lowest BCUT2D eigenvalue weighted by atomic mass is 9.82. The summed E-state index contributed by atoms with van der Waals surface area (Å²) in [5.74, 6) is 0. The zero-order chi connectivity index (χ0) is 6.81. The molecule has 0 radical (unpaired) electrons.